The van der Waals surface area contributed by atoms with Crippen molar-refractivity contribution >= 4 is 40.3 Å². The van der Waals surface area contributed by atoms with Crippen LogP contribution in [0.4, 0.5) is 4.79 Å². The lowest BCUT2D eigenvalue weighted by Gasteiger charge is -2.00. The number of benzene rings is 1. The molecule has 1 amide bonds. The summed E-state index contributed by atoms with van der Waals surface area (Å²) >= 11 is 6.16. The van der Waals surface area contributed by atoms with E-state index in [0.717, 1.165) is 33.6 Å². The highest BCUT2D eigenvalue weighted by Crippen LogP contribution is 2.30. The van der Waals surface area contributed by atoms with Gasteiger partial charge in [0.1, 0.15) is 16.5 Å². The molecule has 0 bridgehead atoms. The number of carbonyl (C=O) groups excluding carboxylic acids is 1. The second-order valence-corrected chi connectivity index (χ2v) is 5.79. The molecule has 1 aliphatic rings. The Labute approximate surface area is 126 Å². The molecule has 0 radical (unpaired) electrons. The van der Waals surface area contributed by atoms with Crippen molar-refractivity contribution in [2.45, 2.75) is 6.92 Å². The van der Waals surface area contributed by atoms with Crippen LogP contribution >= 0.6 is 24.0 Å². The number of hydrogen-bond donors (Lipinski definition) is 1. The summed E-state index contributed by atoms with van der Waals surface area (Å²) in [5.74, 6) is 1.49. The Hall–Kier alpha value is -1.85. The largest absolute Gasteiger partial charge is 0.457 e. The van der Waals surface area contributed by atoms with Gasteiger partial charge in [0.25, 0.3) is 5.24 Å². The summed E-state index contributed by atoms with van der Waals surface area (Å²) in [5.41, 5.74) is 2.22. The van der Waals surface area contributed by atoms with Crippen molar-refractivity contribution in [3.8, 4) is 11.3 Å². The van der Waals surface area contributed by atoms with Gasteiger partial charge in [-0.25, -0.2) is 0 Å². The number of amides is 1. The van der Waals surface area contributed by atoms with Gasteiger partial charge in [0.2, 0.25) is 0 Å². The lowest BCUT2D eigenvalue weighted by molar-refractivity contribution is 0.265. The van der Waals surface area contributed by atoms with E-state index in [2.05, 4.69) is 5.32 Å². The molecule has 0 unspecified atom stereocenters. The Morgan fingerprint density at radius 3 is 2.75 bits per heavy atom. The molecule has 2 aromatic rings. The standard InChI is InChI=1S/C15H11NO2S2/c1-9-4-2-3-5-11(9)12-7-6-10(18-12)8-13-14(19)16-15(17)20-13/h2-8H,1H3,(H,16,17,19)/b13-8+. The van der Waals surface area contributed by atoms with Gasteiger partial charge in [0.05, 0.1) is 4.91 Å². The molecule has 1 N–H and O–H groups in total. The average Bonchev–Trinajstić information content (AvgIpc) is 2.98. The third-order valence-electron chi connectivity index (χ3n) is 2.95. The molecule has 3 nitrogen and oxygen atoms in total. The van der Waals surface area contributed by atoms with E-state index in [-0.39, 0.29) is 5.24 Å². The van der Waals surface area contributed by atoms with Crippen LogP contribution in [0.1, 0.15) is 11.3 Å². The first-order valence-corrected chi connectivity index (χ1v) is 7.26. The summed E-state index contributed by atoms with van der Waals surface area (Å²) in [5, 5.41) is 2.43. The minimum absolute atomic E-state index is 0.146. The van der Waals surface area contributed by atoms with Crippen molar-refractivity contribution in [1.82, 2.24) is 5.32 Å². The van der Waals surface area contributed by atoms with Gasteiger partial charge in [-0.15, -0.1) is 0 Å². The van der Waals surface area contributed by atoms with Crippen LogP contribution in [-0.2, 0) is 0 Å². The van der Waals surface area contributed by atoms with Crippen LogP contribution in [0.25, 0.3) is 17.4 Å². The van der Waals surface area contributed by atoms with E-state index in [1.807, 2.05) is 43.3 Å². The zero-order chi connectivity index (χ0) is 14.1. The Kier molecular flexibility index (Phi) is 3.46. The first-order chi connectivity index (χ1) is 9.63. The van der Waals surface area contributed by atoms with Gasteiger partial charge in [-0.3, -0.25) is 4.79 Å². The lowest BCUT2D eigenvalue weighted by atomic mass is 10.1. The number of hydrogen-bond acceptors (Lipinski definition) is 4. The SMILES string of the molecule is Cc1ccccc1-c1ccc(/C=C2/SC(=O)NC2=S)o1. The molecule has 5 heteroatoms. The minimum Gasteiger partial charge on any atom is -0.457 e. The maximum absolute atomic E-state index is 11.2. The maximum Gasteiger partial charge on any atom is 0.289 e. The van der Waals surface area contributed by atoms with Crippen LogP contribution in [0.2, 0.25) is 0 Å². The van der Waals surface area contributed by atoms with E-state index >= 15 is 0 Å². The van der Waals surface area contributed by atoms with Crippen LogP contribution < -0.4 is 5.32 Å². The van der Waals surface area contributed by atoms with Gasteiger partial charge >= 0.3 is 0 Å². The van der Waals surface area contributed by atoms with Crippen molar-refractivity contribution in [1.29, 1.82) is 0 Å². The van der Waals surface area contributed by atoms with E-state index in [1.165, 1.54) is 0 Å². The van der Waals surface area contributed by atoms with Gasteiger partial charge in [0.15, 0.2) is 0 Å². The second-order valence-electron chi connectivity index (χ2n) is 4.37. The Balaban J connectivity index is 1.92. The lowest BCUT2D eigenvalue weighted by Crippen LogP contribution is -2.15. The number of furan rings is 1. The fourth-order valence-electron chi connectivity index (χ4n) is 1.97. The van der Waals surface area contributed by atoms with Gasteiger partial charge in [-0.2, -0.15) is 0 Å². The Morgan fingerprint density at radius 2 is 2.05 bits per heavy atom. The number of aryl methyl sites for hydroxylation is 1. The molecule has 20 heavy (non-hydrogen) atoms. The smallest absolute Gasteiger partial charge is 0.289 e. The average molecular weight is 301 g/mol. The summed E-state index contributed by atoms with van der Waals surface area (Å²) in [6.07, 6.45) is 1.78. The number of thioether (sulfide) groups is 1. The molecule has 1 aliphatic heterocycles. The third-order valence-corrected chi connectivity index (χ3v) is 4.23. The van der Waals surface area contributed by atoms with Crippen LogP contribution in [0.15, 0.2) is 45.7 Å². The summed E-state index contributed by atoms with van der Waals surface area (Å²) in [7, 11) is 0. The predicted octanol–water partition coefficient (Wildman–Crippen LogP) is 4.38. The number of nitrogens with one attached hydrogen (secondary N) is 1. The zero-order valence-electron chi connectivity index (χ0n) is 10.7. The molecule has 0 saturated carbocycles. The third kappa shape index (κ3) is 2.55. The highest BCUT2D eigenvalue weighted by molar-refractivity contribution is 8.19. The van der Waals surface area contributed by atoms with Gasteiger partial charge in [0, 0.05) is 5.56 Å². The van der Waals surface area contributed by atoms with Crippen LogP contribution in [0, 0.1) is 6.92 Å². The summed E-state index contributed by atoms with van der Waals surface area (Å²) in [6.45, 7) is 2.04. The summed E-state index contributed by atoms with van der Waals surface area (Å²) < 4.78 is 5.81. The fraction of sp³-hybridized carbons (Fsp3) is 0.0667. The van der Waals surface area contributed by atoms with Gasteiger partial charge in [-0.05, 0) is 42.5 Å². The van der Waals surface area contributed by atoms with E-state index in [0.29, 0.717) is 10.7 Å². The van der Waals surface area contributed by atoms with Crippen molar-refractivity contribution in [3.05, 3.63) is 52.6 Å². The molecule has 1 saturated heterocycles. The molecule has 3 rings (SSSR count). The van der Waals surface area contributed by atoms with E-state index in [9.17, 15) is 4.79 Å². The second kappa shape index (κ2) is 5.26. The van der Waals surface area contributed by atoms with Crippen LogP contribution in [-0.4, -0.2) is 10.2 Å². The quantitative estimate of drug-likeness (QED) is 0.660. The summed E-state index contributed by atoms with van der Waals surface area (Å²) in [6, 6.07) is 11.8. The number of rotatable bonds is 2. The van der Waals surface area contributed by atoms with Crippen LogP contribution in [0.3, 0.4) is 0 Å². The van der Waals surface area contributed by atoms with Gasteiger partial charge in [-0.1, -0.05) is 36.5 Å². The Morgan fingerprint density at radius 1 is 1.25 bits per heavy atom. The molecule has 0 atom stereocenters. The molecule has 0 aliphatic carbocycles. The molecule has 100 valence electrons. The topological polar surface area (TPSA) is 42.2 Å². The summed E-state index contributed by atoms with van der Waals surface area (Å²) in [4.78, 5) is 12.4. The monoisotopic (exact) mass is 301 g/mol. The van der Waals surface area contributed by atoms with Crippen molar-refractivity contribution in [2.75, 3.05) is 0 Å². The predicted molar refractivity (Wildman–Crippen MR) is 85.6 cm³/mol. The number of thiocarbonyl (C=S) groups is 1. The van der Waals surface area contributed by atoms with E-state index in [1.54, 1.807) is 6.08 Å². The van der Waals surface area contributed by atoms with E-state index < -0.39 is 0 Å². The molecule has 1 fully saturated rings. The highest BCUT2D eigenvalue weighted by Gasteiger charge is 2.22. The molecular weight excluding hydrogens is 290 g/mol. The molecular formula is C15H11NO2S2. The highest BCUT2D eigenvalue weighted by atomic mass is 32.2. The molecule has 2 heterocycles. The van der Waals surface area contributed by atoms with Gasteiger partial charge < -0.3 is 9.73 Å². The van der Waals surface area contributed by atoms with Crippen molar-refractivity contribution in [2.24, 2.45) is 0 Å². The van der Waals surface area contributed by atoms with Crippen molar-refractivity contribution in [3.63, 3.8) is 0 Å². The fourth-order valence-corrected chi connectivity index (χ4v) is 2.99. The van der Waals surface area contributed by atoms with Crippen molar-refractivity contribution < 1.29 is 9.21 Å². The maximum atomic E-state index is 11.2. The first-order valence-electron chi connectivity index (χ1n) is 6.04. The molecule has 1 aromatic carbocycles. The number of carbonyl (C=O) groups is 1. The Bertz CT molecular complexity index is 731. The minimum atomic E-state index is -0.146. The normalized spacial score (nSPS) is 16.8. The van der Waals surface area contributed by atoms with Crippen LogP contribution in [0.5, 0.6) is 0 Å². The molecule has 0 spiro atoms. The molecule has 1 aromatic heterocycles. The zero-order valence-corrected chi connectivity index (χ0v) is 12.3. The first kappa shape index (κ1) is 13.1. The van der Waals surface area contributed by atoms with E-state index in [4.69, 9.17) is 16.6 Å².